The highest BCUT2D eigenvalue weighted by Crippen LogP contribution is 2.23. The molecule has 1 aromatic heterocycles. The fraction of sp³-hybridized carbons (Fsp3) is 0.583. The summed E-state index contributed by atoms with van der Waals surface area (Å²) >= 11 is 0. The lowest BCUT2D eigenvalue weighted by Gasteiger charge is -2.12. The van der Waals surface area contributed by atoms with Gasteiger partial charge in [0.15, 0.2) is 9.84 Å². The molecule has 0 amide bonds. The van der Waals surface area contributed by atoms with Crippen molar-refractivity contribution >= 4 is 9.84 Å². The van der Waals surface area contributed by atoms with Crippen molar-refractivity contribution in [3.05, 3.63) is 23.0 Å². The number of hydrogen-bond donors (Lipinski definition) is 3. The molecule has 108 valence electrons. The normalized spacial score (nSPS) is 11.7. The molecule has 0 aliphatic carbocycles. The molecule has 6 nitrogen and oxygen atoms in total. The molecule has 0 aliphatic heterocycles. The van der Waals surface area contributed by atoms with Gasteiger partial charge >= 0.3 is 0 Å². The molecule has 0 aliphatic rings. The predicted molar refractivity (Wildman–Crippen MR) is 72.6 cm³/mol. The van der Waals surface area contributed by atoms with Crippen LogP contribution in [0, 0.1) is 6.92 Å². The second kappa shape index (κ2) is 6.83. The third-order valence-electron chi connectivity index (χ3n) is 2.93. The SMILES string of the molecule is CCS(=O)(=O)CCNCc1c(CO)cnc(C)c1O. The number of nitrogens with zero attached hydrogens (tertiary/aromatic N) is 1. The maximum atomic E-state index is 11.3. The first-order valence-electron chi connectivity index (χ1n) is 6.09. The molecule has 0 bridgehead atoms. The Kier molecular flexibility index (Phi) is 5.71. The molecule has 1 aromatic rings. The van der Waals surface area contributed by atoms with Crippen molar-refractivity contribution in [1.82, 2.24) is 10.3 Å². The van der Waals surface area contributed by atoms with Crippen molar-refractivity contribution in [3.8, 4) is 5.75 Å². The van der Waals surface area contributed by atoms with E-state index in [1.807, 2.05) is 0 Å². The Hall–Kier alpha value is -1.18. The molecule has 1 rings (SSSR count). The first kappa shape index (κ1) is 15.9. The maximum absolute atomic E-state index is 11.3. The number of nitrogens with one attached hydrogen (secondary N) is 1. The molecule has 0 atom stereocenters. The van der Waals surface area contributed by atoms with Crippen molar-refractivity contribution in [2.45, 2.75) is 27.0 Å². The lowest BCUT2D eigenvalue weighted by Crippen LogP contribution is -2.24. The first-order chi connectivity index (χ1) is 8.91. The van der Waals surface area contributed by atoms with E-state index in [1.54, 1.807) is 13.8 Å². The summed E-state index contributed by atoms with van der Waals surface area (Å²) < 4.78 is 22.6. The average molecular weight is 288 g/mol. The van der Waals surface area contributed by atoms with Crippen molar-refractivity contribution in [1.29, 1.82) is 0 Å². The molecule has 0 spiro atoms. The van der Waals surface area contributed by atoms with Gasteiger partial charge < -0.3 is 15.5 Å². The number of aryl methyl sites for hydroxylation is 1. The van der Waals surface area contributed by atoms with E-state index in [2.05, 4.69) is 10.3 Å². The van der Waals surface area contributed by atoms with E-state index in [1.165, 1.54) is 6.20 Å². The predicted octanol–water partition coefficient (Wildman–Crippen LogP) is 0.112. The minimum Gasteiger partial charge on any atom is -0.506 e. The van der Waals surface area contributed by atoms with Crippen LogP contribution in [0.5, 0.6) is 5.75 Å². The van der Waals surface area contributed by atoms with E-state index >= 15 is 0 Å². The molecule has 0 radical (unpaired) electrons. The van der Waals surface area contributed by atoms with Crippen LogP contribution >= 0.6 is 0 Å². The third kappa shape index (κ3) is 4.45. The Morgan fingerprint density at radius 1 is 1.42 bits per heavy atom. The van der Waals surface area contributed by atoms with Crippen LogP contribution in [0.1, 0.15) is 23.7 Å². The van der Waals surface area contributed by atoms with Crippen LogP contribution in [0.25, 0.3) is 0 Å². The van der Waals surface area contributed by atoms with Gasteiger partial charge in [-0.2, -0.15) is 0 Å². The molecule has 3 N–H and O–H groups in total. The van der Waals surface area contributed by atoms with Crippen molar-refractivity contribution in [2.24, 2.45) is 0 Å². The monoisotopic (exact) mass is 288 g/mol. The molecule has 0 unspecified atom stereocenters. The molecule has 0 saturated carbocycles. The second-order valence-electron chi connectivity index (χ2n) is 4.27. The lowest BCUT2D eigenvalue weighted by atomic mass is 10.1. The van der Waals surface area contributed by atoms with Crippen LogP contribution in [0.2, 0.25) is 0 Å². The molecule has 1 heterocycles. The first-order valence-corrected chi connectivity index (χ1v) is 7.91. The van der Waals surface area contributed by atoms with Gasteiger partial charge in [-0.15, -0.1) is 0 Å². The number of aliphatic hydroxyl groups is 1. The van der Waals surface area contributed by atoms with E-state index in [4.69, 9.17) is 0 Å². The number of rotatable bonds is 7. The van der Waals surface area contributed by atoms with E-state index in [9.17, 15) is 18.6 Å². The quantitative estimate of drug-likeness (QED) is 0.616. The van der Waals surface area contributed by atoms with Crippen molar-refractivity contribution < 1.29 is 18.6 Å². The number of pyridine rings is 1. The topological polar surface area (TPSA) is 99.5 Å². The van der Waals surface area contributed by atoms with Gasteiger partial charge in [-0.25, -0.2) is 8.42 Å². The zero-order chi connectivity index (χ0) is 14.5. The van der Waals surface area contributed by atoms with Crippen LogP contribution < -0.4 is 5.32 Å². The summed E-state index contributed by atoms with van der Waals surface area (Å²) in [6.07, 6.45) is 1.51. The summed E-state index contributed by atoms with van der Waals surface area (Å²) in [6.45, 7) is 3.66. The van der Waals surface area contributed by atoms with Gasteiger partial charge in [-0.3, -0.25) is 4.98 Å². The Morgan fingerprint density at radius 2 is 2.11 bits per heavy atom. The minimum absolute atomic E-state index is 0.0393. The van der Waals surface area contributed by atoms with Crippen LogP contribution in [-0.4, -0.2) is 41.7 Å². The maximum Gasteiger partial charge on any atom is 0.151 e. The van der Waals surface area contributed by atoms with Gasteiger partial charge in [0.25, 0.3) is 0 Å². The van der Waals surface area contributed by atoms with Gasteiger partial charge in [0, 0.05) is 36.2 Å². The van der Waals surface area contributed by atoms with Gasteiger partial charge in [0.2, 0.25) is 0 Å². The zero-order valence-corrected chi connectivity index (χ0v) is 12.0. The number of sulfone groups is 1. The Bertz CT molecular complexity index is 529. The van der Waals surface area contributed by atoms with Crippen LogP contribution in [-0.2, 0) is 23.0 Å². The summed E-state index contributed by atoms with van der Waals surface area (Å²) in [4.78, 5) is 3.96. The Labute approximate surface area is 113 Å². The number of aromatic hydroxyl groups is 1. The summed E-state index contributed by atoms with van der Waals surface area (Å²) in [5, 5.41) is 22.0. The van der Waals surface area contributed by atoms with Gasteiger partial charge in [-0.05, 0) is 6.92 Å². The smallest absolute Gasteiger partial charge is 0.151 e. The van der Waals surface area contributed by atoms with Crippen LogP contribution in [0.15, 0.2) is 6.20 Å². The largest absolute Gasteiger partial charge is 0.506 e. The molecular formula is C12H20N2O4S. The minimum atomic E-state index is -2.99. The molecule has 7 heteroatoms. The number of aliphatic hydroxyl groups excluding tert-OH is 1. The summed E-state index contributed by atoms with van der Waals surface area (Å²) in [6, 6.07) is 0. The van der Waals surface area contributed by atoms with Gasteiger partial charge in [0.05, 0.1) is 18.1 Å². The summed E-state index contributed by atoms with van der Waals surface area (Å²) in [7, 11) is -2.99. The Balaban J connectivity index is 2.65. The molecule has 0 fully saturated rings. The van der Waals surface area contributed by atoms with Gasteiger partial charge in [-0.1, -0.05) is 6.92 Å². The van der Waals surface area contributed by atoms with E-state index in [0.29, 0.717) is 29.9 Å². The zero-order valence-electron chi connectivity index (χ0n) is 11.2. The molecule has 0 aromatic carbocycles. The fourth-order valence-corrected chi connectivity index (χ4v) is 2.35. The third-order valence-corrected chi connectivity index (χ3v) is 4.64. The van der Waals surface area contributed by atoms with Crippen molar-refractivity contribution in [2.75, 3.05) is 18.1 Å². The van der Waals surface area contributed by atoms with Crippen LogP contribution in [0.4, 0.5) is 0 Å². The molecular weight excluding hydrogens is 268 g/mol. The standard InChI is InChI=1S/C12H20N2O4S/c1-3-19(17,18)5-4-13-7-11-10(8-15)6-14-9(2)12(11)16/h6,13,15-16H,3-5,7-8H2,1-2H3. The Morgan fingerprint density at radius 3 is 2.68 bits per heavy atom. The van der Waals surface area contributed by atoms with Crippen molar-refractivity contribution in [3.63, 3.8) is 0 Å². The number of aromatic nitrogens is 1. The summed E-state index contributed by atoms with van der Waals surface area (Å²) in [5.41, 5.74) is 1.58. The lowest BCUT2D eigenvalue weighted by molar-refractivity contribution is 0.278. The van der Waals surface area contributed by atoms with E-state index in [-0.39, 0.29) is 23.9 Å². The average Bonchev–Trinajstić information content (AvgIpc) is 2.39. The highest BCUT2D eigenvalue weighted by atomic mass is 32.2. The second-order valence-corrected chi connectivity index (χ2v) is 6.74. The highest BCUT2D eigenvalue weighted by molar-refractivity contribution is 7.91. The van der Waals surface area contributed by atoms with Gasteiger partial charge in [0.1, 0.15) is 5.75 Å². The molecule has 0 saturated heterocycles. The molecule has 19 heavy (non-hydrogen) atoms. The van der Waals surface area contributed by atoms with Crippen LogP contribution in [0.3, 0.4) is 0 Å². The summed E-state index contributed by atoms with van der Waals surface area (Å²) in [5.74, 6) is 0.219. The fourth-order valence-electron chi connectivity index (χ4n) is 1.60. The van der Waals surface area contributed by atoms with E-state index < -0.39 is 9.84 Å². The highest BCUT2D eigenvalue weighted by Gasteiger charge is 2.12. The van der Waals surface area contributed by atoms with E-state index in [0.717, 1.165) is 0 Å². The number of hydrogen-bond acceptors (Lipinski definition) is 6.